The lowest BCUT2D eigenvalue weighted by atomic mass is 10.0. The third-order valence-corrected chi connectivity index (χ3v) is 3.78. The highest BCUT2D eigenvalue weighted by Gasteiger charge is 2.44. The molecule has 0 spiro atoms. The number of rotatable bonds is 1. The number of nitrogen functional groups attached to an aromatic ring is 1. The Hall–Kier alpha value is -1.81. The number of nitrogens with zero attached hydrogens (tertiary/aromatic N) is 3. The lowest BCUT2D eigenvalue weighted by Crippen LogP contribution is -2.33. The predicted molar refractivity (Wildman–Crippen MR) is 74.9 cm³/mol. The number of aromatic nitrogens is 3. The molecule has 6 nitrogen and oxygen atoms in total. The Morgan fingerprint density at radius 1 is 1.65 bits per heavy atom. The van der Waals surface area contributed by atoms with Crippen LogP contribution in [0, 0.1) is 12.3 Å². The maximum atomic E-state index is 10.0. The summed E-state index contributed by atoms with van der Waals surface area (Å²) in [7, 11) is 0. The molecule has 0 radical (unpaired) electrons. The van der Waals surface area contributed by atoms with E-state index in [9.17, 15) is 5.11 Å². The fourth-order valence-corrected chi connectivity index (χ4v) is 2.56. The van der Waals surface area contributed by atoms with Crippen LogP contribution in [0.15, 0.2) is 12.3 Å². The summed E-state index contributed by atoms with van der Waals surface area (Å²) in [4.78, 5) is 8.06. The summed E-state index contributed by atoms with van der Waals surface area (Å²) in [6.45, 7) is 1.68. The van der Waals surface area contributed by atoms with Gasteiger partial charge in [0.1, 0.15) is 17.7 Å². The molecule has 0 amide bonds. The molecule has 3 N–H and O–H groups in total. The summed E-state index contributed by atoms with van der Waals surface area (Å²) in [5, 5.41) is 10.8. The van der Waals surface area contributed by atoms with Crippen molar-refractivity contribution in [2.45, 2.75) is 31.3 Å². The molecule has 0 aromatic carbocycles. The average molecular weight is 293 g/mol. The van der Waals surface area contributed by atoms with Gasteiger partial charge < -0.3 is 20.1 Å². The first-order valence-electron chi connectivity index (χ1n) is 6.08. The van der Waals surface area contributed by atoms with Crippen molar-refractivity contribution < 1.29 is 9.84 Å². The van der Waals surface area contributed by atoms with Crippen molar-refractivity contribution in [3.05, 3.63) is 17.5 Å². The van der Waals surface area contributed by atoms with Gasteiger partial charge in [0.25, 0.3) is 0 Å². The molecular formula is C13H13ClN4O2. The van der Waals surface area contributed by atoms with Crippen LogP contribution in [0.4, 0.5) is 5.82 Å². The van der Waals surface area contributed by atoms with E-state index < -0.39 is 17.9 Å². The van der Waals surface area contributed by atoms with Crippen LogP contribution < -0.4 is 5.73 Å². The standard InChI is InChI=1S/C13H13ClN4O2/c1-3-13(2)8(19)6-9(20-13)18-5-4-7-10(15)16-12(14)17-11(7)18/h1,4-5,8-9,19H,6H2,2H3,(H2,15,16,17)/t8-,9+,13+/m0/s1. The highest BCUT2D eigenvalue weighted by Crippen LogP contribution is 2.38. The molecule has 0 unspecified atom stereocenters. The van der Waals surface area contributed by atoms with E-state index in [2.05, 4.69) is 15.9 Å². The minimum Gasteiger partial charge on any atom is -0.389 e. The van der Waals surface area contributed by atoms with Crippen molar-refractivity contribution in [2.24, 2.45) is 0 Å². The number of anilines is 1. The first kappa shape index (κ1) is 13.2. The molecule has 7 heteroatoms. The molecule has 104 valence electrons. The fourth-order valence-electron chi connectivity index (χ4n) is 2.39. The normalized spacial score (nSPS) is 29.7. The van der Waals surface area contributed by atoms with Crippen molar-refractivity contribution in [3.8, 4) is 12.3 Å². The van der Waals surface area contributed by atoms with Crippen molar-refractivity contribution in [3.63, 3.8) is 0 Å². The average Bonchev–Trinajstić information content (AvgIpc) is 2.92. The molecule has 1 saturated heterocycles. The van der Waals surface area contributed by atoms with Crippen LogP contribution in [0.3, 0.4) is 0 Å². The van der Waals surface area contributed by atoms with Crippen molar-refractivity contribution in [2.75, 3.05) is 5.73 Å². The second-order valence-electron chi connectivity index (χ2n) is 4.91. The molecule has 1 aliphatic heterocycles. The van der Waals surface area contributed by atoms with E-state index in [1.54, 1.807) is 23.8 Å². The summed E-state index contributed by atoms with van der Waals surface area (Å²) < 4.78 is 7.53. The van der Waals surface area contributed by atoms with Gasteiger partial charge in [-0.05, 0) is 24.6 Å². The second kappa shape index (κ2) is 4.35. The molecule has 3 atom stereocenters. The Balaban J connectivity index is 2.07. The van der Waals surface area contributed by atoms with Gasteiger partial charge in [0, 0.05) is 12.6 Å². The molecule has 2 aromatic heterocycles. The third-order valence-electron chi connectivity index (χ3n) is 3.61. The predicted octanol–water partition coefficient (Wildman–Crippen LogP) is 1.34. The van der Waals surface area contributed by atoms with Crippen molar-refractivity contribution in [1.29, 1.82) is 0 Å². The first-order valence-corrected chi connectivity index (χ1v) is 6.45. The van der Waals surface area contributed by atoms with Crippen molar-refractivity contribution in [1.82, 2.24) is 14.5 Å². The van der Waals surface area contributed by atoms with E-state index >= 15 is 0 Å². The SMILES string of the molecule is C#C[C@@]1(C)O[C@@H](n2ccc3c(N)nc(Cl)nc32)C[C@@H]1O. The zero-order valence-corrected chi connectivity index (χ0v) is 11.5. The number of fused-ring (bicyclic) bond motifs is 1. The summed E-state index contributed by atoms with van der Waals surface area (Å²) in [6.07, 6.45) is 6.39. The number of hydrogen-bond donors (Lipinski definition) is 2. The maximum absolute atomic E-state index is 10.0. The number of aliphatic hydroxyl groups excluding tert-OH is 1. The number of hydrogen-bond acceptors (Lipinski definition) is 5. The maximum Gasteiger partial charge on any atom is 0.226 e. The summed E-state index contributed by atoms with van der Waals surface area (Å²) in [5.41, 5.74) is 5.35. The van der Waals surface area contributed by atoms with Crippen LogP contribution in [-0.2, 0) is 4.74 Å². The molecule has 0 bridgehead atoms. The highest BCUT2D eigenvalue weighted by molar-refractivity contribution is 6.28. The van der Waals surface area contributed by atoms with Gasteiger partial charge in [0.15, 0.2) is 5.60 Å². The number of ether oxygens (including phenoxy) is 1. The van der Waals surface area contributed by atoms with Gasteiger partial charge in [-0.25, -0.2) is 4.98 Å². The first-order chi connectivity index (χ1) is 9.44. The van der Waals surface area contributed by atoms with Crippen LogP contribution in [0.25, 0.3) is 11.0 Å². The highest BCUT2D eigenvalue weighted by atomic mass is 35.5. The Morgan fingerprint density at radius 2 is 2.40 bits per heavy atom. The van der Waals surface area contributed by atoms with E-state index in [0.29, 0.717) is 23.3 Å². The zero-order valence-electron chi connectivity index (χ0n) is 10.7. The van der Waals surface area contributed by atoms with Gasteiger partial charge in [0.2, 0.25) is 5.28 Å². The third kappa shape index (κ3) is 1.83. The quantitative estimate of drug-likeness (QED) is 0.612. The zero-order chi connectivity index (χ0) is 14.5. The number of nitrogens with two attached hydrogens (primary N) is 1. The van der Waals surface area contributed by atoms with Crippen LogP contribution in [0.1, 0.15) is 19.6 Å². The van der Waals surface area contributed by atoms with Gasteiger partial charge in [0.05, 0.1) is 11.5 Å². The van der Waals surface area contributed by atoms with Gasteiger partial charge in [-0.3, -0.25) is 0 Å². The molecule has 20 heavy (non-hydrogen) atoms. The fraction of sp³-hybridized carbons (Fsp3) is 0.385. The van der Waals surface area contributed by atoms with E-state index in [-0.39, 0.29) is 5.28 Å². The van der Waals surface area contributed by atoms with Crippen LogP contribution >= 0.6 is 11.6 Å². The van der Waals surface area contributed by atoms with Crippen LogP contribution in [0.5, 0.6) is 0 Å². The number of aliphatic hydroxyl groups is 1. The van der Waals surface area contributed by atoms with E-state index in [4.69, 9.17) is 28.5 Å². The van der Waals surface area contributed by atoms with E-state index in [1.165, 1.54) is 0 Å². The van der Waals surface area contributed by atoms with E-state index in [1.807, 2.05) is 0 Å². The van der Waals surface area contributed by atoms with Gasteiger partial charge in [-0.1, -0.05) is 5.92 Å². The Kier molecular flexibility index (Phi) is 2.87. The lowest BCUT2D eigenvalue weighted by Gasteiger charge is -2.21. The van der Waals surface area contributed by atoms with Crippen LogP contribution in [0.2, 0.25) is 5.28 Å². The molecule has 1 aliphatic rings. The molecular weight excluding hydrogens is 280 g/mol. The van der Waals surface area contributed by atoms with Gasteiger partial charge in [-0.2, -0.15) is 4.98 Å². The molecule has 2 aromatic rings. The number of terminal acetylenes is 1. The number of halogens is 1. The lowest BCUT2D eigenvalue weighted by molar-refractivity contribution is -0.0511. The minimum absolute atomic E-state index is 0.0632. The molecule has 3 rings (SSSR count). The smallest absolute Gasteiger partial charge is 0.226 e. The summed E-state index contributed by atoms with van der Waals surface area (Å²) in [5.74, 6) is 2.79. The Bertz CT molecular complexity index is 723. The molecule has 0 saturated carbocycles. The molecule has 3 heterocycles. The largest absolute Gasteiger partial charge is 0.389 e. The topological polar surface area (TPSA) is 86.2 Å². The molecule has 1 fully saturated rings. The van der Waals surface area contributed by atoms with Crippen molar-refractivity contribution >= 4 is 28.5 Å². The van der Waals surface area contributed by atoms with E-state index in [0.717, 1.165) is 0 Å². The Labute approximate surface area is 120 Å². The monoisotopic (exact) mass is 292 g/mol. The minimum atomic E-state index is -1.01. The van der Waals surface area contributed by atoms with Crippen LogP contribution in [-0.4, -0.2) is 31.3 Å². The summed E-state index contributed by atoms with van der Waals surface area (Å²) in [6, 6.07) is 1.78. The van der Waals surface area contributed by atoms with Gasteiger partial charge in [-0.15, -0.1) is 6.42 Å². The summed E-state index contributed by atoms with van der Waals surface area (Å²) >= 11 is 5.83. The second-order valence-corrected chi connectivity index (χ2v) is 5.25. The van der Waals surface area contributed by atoms with Gasteiger partial charge >= 0.3 is 0 Å². The Morgan fingerprint density at radius 3 is 3.05 bits per heavy atom. The molecule has 0 aliphatic carbocycles.